The zero-order valence-electron chi connectivity index (χ0n) is 9.68. The fraction of sp³-hybridized carbons (Fsp3) is 0.308. The minimum atomic E-state index is -0.366. The highest BCUT2D eigenvalue weighted by Gasteiger charge is 2.07. The maximum Gasteiger partial charge on any atom is 0.189 e. The highest BCUT2D eigenvalue weighted by atomic mass is 79.9. The third-order valence-corrected chi connectivity index (χ3v) is 3.16. The number of H-pyrrole nitrogens is 1. The monoisotopic (exact) mass is 297 g/mol. The lowest BCUT2D eigenvalue weighted by atomic mass is 10.1. The topological polar surface area (TPSA) is 32.9 Å². The molecule has 2 nitrogen and oxygen atoms in total. The molecule has 0 unspecified atom stereocenters. The summed E-state index contributed by atoms with van der Waals surface area (Å²) in [7, 11) is 0. The van der Waals surface area contributed by atoms with Crippen molar-refractivity contribution in [1.82, 2.24) is 4.98 Å². The van der Waals surface area contributed by atoms with Crippen molar-refractivity contribution in [3.05, 3.63) is 44.4 Å². The molecule has 0 fully saturated rings. The van der Waals surface area contributed by atoms with Gasteiger partial charge in [-0.1, -0.05) is 13.8 Å². The van der Waals surface area contributed by atoms with Crippen molar-refractivity contribution in [2.24, 2.45) is 5.92 Å². The number of nitrogens with one attached hydrogen (secondary N) is 1. The van der Waals surface area contributed by atoms with Crippen LogP contribution < -0.4 is 5.43 Å². The van der Waals surface area contributed by atoms with Crippen LogP contribution in [0.1, 0.15) is 19.5 Å². The Hall–Kier alpha value is -1.16. The van der Waals surface area contributed by atoms with Crippen LogP contribution in [0.2, 0.25) is 0 Å². The summed E-state index contributed by atoms with van der Waals surface area (Å²) >= 11 is 3.08. The predicted octanol–water partition coefficient (Wildman–Crippen LogP) is 3.63. The Morgan fingerprint density at radius 2 is 2.06 bits per heavy atom. The highest BCUT2D eigenvalue weighted by Crippen LogP contribution is 2.20. The molecule has 1 aromatic carbocycles. The molecule has 90 valence electrons. The first-order valence-corrected chi connectivity index (χ1v) is 6.27. The summed E-state index contributed by atoms with van der Waals surface area (Å²) in [4.78, 5) is 15.0. The van der Waals surface area contributed by atoms with Crippen molar-refractivity contribution in [1.29, 1.82) is 0 Å². The van der Waals surface area contributed by atoms with Gasteiger partial charge >= 0.3 is 0 Å². The van der Waals surface area contributed by atoms with Crippen LogP contribution in [0.25, 0.3) is 10.9 Å². The van der Waals surface area contributed by atoms with Gasteiger partial charge in [0.15, 0.2) is 5.43 Å². The van der Waals surface area contributed by atoms with Crippen LogP contribution in [0.15, 0.2) is 27.5 Å². The zero-order valence-corrected chi connectivity index (χ0v) is 11.3. The Bertz CT molecular complexity index is 619. The van der Waals surface area contributed by atoms with Crippen molar-refractivity contribution >= 4 is 26.8 Å². The lowest BCUT2D eigenvalue weighted by Crippen LogP contribution is -2.07. The first-order valence-electron chi connectivity index (χ1n) is 5.48. The van der Waals surface area contributed by atoms with E-state index >= 15 is 0 Å². The van der Waals surface area contributed by atoms with Crippen LogP contribution in [0.4, 0.5) is 4.39 Å². The maximum atomic E-state index is 13.4. The van der Waals surface area contributed by atoms with E-state index < -0.39 is 0 Å². The SMILES string of the molecule is CC(C)Cc1cc(=O)c2cc(Br)c(F)cc2[nH]1. The average Bonchev–Trinajstić information content (AvgIpc) is 2.20. The van der Waals surface area contributed by atoms with Crippen LogP contribution in [0.3, 0.4) is 0 Å². The quantitative estimate of drug-likeness (QED) is 0.902. The number of pyridine rings is 1. The van der Waals surface area contributed by atoms with Gasteiger partial charge in [-0.25, -0.2) is 4.39 Å². The maximum absolute atomic E-state index is 13.4. The summed E-state index contributed by atoms with van der Waals surface area (Å²) in [5.74, 6) is 0.0817. The predicted molar refractivity (Wildman–Crippen MR) is 70.8 cm³/mol. The molecule has 0 radical (unpaired) electrons. The van der Waals surface area contributed by atoms with Gasteiger partial charge in [-0.15, -0.1) is 0 Å². The number of hydrogen-bond donors (Lipinski definition) is 1. The lowest BCUT2D eigenvalue weighted by molar-refractivity contribution is 0.621. The van der Waals surface area contributed by atoms with Crippen LogP contribution in [0, 0.1) is 11.7 Å². The number of aromatic nitrogens is 1. The van der Waals surface area contributed by atoms with Crippen molar-refractivity contribution in [3.63, 3.8) is 0 Å². The number of benzene rings is 1. The number of fused-ring (bicyclic) bond motifs is 1. The Morgan fingerprint density at radius 1 is 1.35 bits per heavy atom. The second kappa shape index (κ2) is 4.61. The summed E-state index contributed by atoms with van der Waals surface area (Å²) in [5.41, 5.74) is 1.32. The van der Waals surface area contributed by atoms with Crippen molar-refractivity contribution < 1.29 is 4.39 Å². The zero-order chi connectivity index (χ0) is 12.6. The normalized spacial score (nSPS) is 11.4. The summed E-state index contributed by atoms with van der Waals surface area (Å²) in [6, 6.07) is 4.46. The van der Waals surface area contributed by atoms with Crippen LogP contribution >= 0.6 is 15.9 Å². The van der Waals surface area contributed by atoms with Gasteiger partial charge in [0.25, 0.3) is 0 Å². The average molecular weight is 298 g/mol. The van der Waals surface area contributed by atoms with Gasteiger partial charge in [0.1, 0.15) is 5.82 Å². The Balaban J connectivity index is 2.65. The number of hydrogen-bond acceptors (Lipinski definition) is 1. The third kappa shape index (κ3) is 2.57. The molecule has 2 aromatic rings. The molecule has 1 heterocycles. The van der Waals surface area contributed by atoms with E-state index in [0.717, 1.165) is 12.1 Å². The molecule has 0 saturated carbocycles. The van der Waals surface area contributed by atoms with E-state index in [4.69, 9.17) is 0 Å². The molecule has 1 aromatic heterocycles. The van der Waals surface area contributed by atoms with E-state index in [9.17, 15) is 9.18 Å². The van der Waals surface area contributed by atoms with Gasteiger partial charge in [0.2, 0.25) is 0 Å². The molecule has 0 saturated heterocycles. The second-order valence-corrected chi connectivity index (χ2v) is 5.42. The molecule has 0 atom stereocenters. The van der Waals surface area contributed by atoms with Crippen molar-refractivity contribution in [2.75, 3.05) is 0 Å². The van der Waals surface area contributed by atoms with Gasteiger partial charge in [0.05, 0.1) is 9.99 Å². The molecule has 2 rings (SSSR count). The smallest absolute Gasteiger partial charge is 0.189 e. The molecule has 0 aliphatic heterocycles. The van der Waals surface area contributed by atoms with Gasteiger partial charge in [0, 0.05) is 17.1 Å². The fourth-order valence-electron chi connectivity index (χ4n) is 1.85. The minimum absolute atomic E-state index is 0.0740. The second-order valence-electron chi connectivity index (χ2n) is 4.57. The van der Waals surface area contributed by atoms with E-state index in [-0.39, 0.29) is 11.2 Å². The Labute approximate surface area is 107 Å². The molecule has 0 aliphatic rings. The van der Waals surface area contributed by atoms with E-state index in [2.05, 4.69) is 34.8 Å². The van der Waals surface area contributed by atoms with E-state index in [1.807, 2.05) is 0 Å². The van der Waals surface area contributed by atoms with E-state index in [1.54, 1.807) is 6.07 Å². The summed E-state index contributed by atoms with van der Waals surface area (Å²) in [5, 5.41) is 0.505. The standard InChI is InChI=1S/C13H13BrFNO/c1-7(2)3-8-4-13(17)9-5-10(14)11(15)6-12(9)16-8/h4-7H,3H2,1-2H3,(H,16,17). The molecule has 1 N–H and O–H groups in total. The van der Waals surface area contributed by atoms with Gasteiger partial charge in [-0.2, -0.15) is 0 Å². The number of halogens is 2. The molecular weight excluding hydrogens is 285 g/mol. The fourth-order valence-corrected chi connectivity index (χ4v) is 2.19. The summed E-state index contributed by atoms with van der Waals surface area (Å²) in [6.07, 6.45) is 0.781. The summed E-state index contributed by atoms with van der Waals surface area (Å²) in [6.45, 7) is 4.15. The highest BCUT2D eigenvalue weighted by molar-refractivity contribution is 9.10. The molecule has 0 amide bonds. The molecule has 4 heteroatoms. The largest absolute Gasteiger partial charge is 0.358 e. The number of aromatic amines is 1. The van der Waals surface area contributed by atoms with Crippen LogP contribution in [-0.2, 0) is 6.42 Å². The first kappa shape index (κ1) is 12.3. The minimum Gasteiger partial charge on any atom is -0.358 e. The van der Waals surface area contributed by atoms with Gasteiger partial charge < -0.3 is 4.98 Å². The molecule has 17 heavy (non-hydrogen) atoms. The van der Waals surface area contributed by atoms with Crippen molar-refractivity contribution in [2.45, 2.75) is 20.3 Å². The van der Waals surface area contributed by atoms with Gasteiger partial charge in [-0.3, -0.25) is 4.79 Å². The number of rotatable bonds is 2. The van der Waals surface area contributed by atoms with Crippen molar-refractivity contribution in [3.8, 4) is 0 Å². The molecule has 0 aliphatic carbocycles. The summed E-state index contributed by atoms with van der Waals surface area (Å²) < 4.78 is 13.7. The molecule has 0 spiro atoms. The Kier molecular flexibility index (Phi) is 3.33. The van der Waals surface area contributed by atoms with E-state index in [1.165, 1.54) is 12.1 Å². The van der Waals surface area contributed by atoms with Gasteiger partial charge in [-0.05, 0) is 40.4 Å². The van der Waals surface area contributed by atoms with Crippen LogP contribution in [-0.4, -0.2) is 4.98 Å². The van der Waals surface area contributed by atoms with E-state index in [0.29, 0.717) is 21.3 Å². The van der Waals surface area contributed by atoms with Crippen LogP contribution in [0.5, 0.6) is 0 Å². The lowest BCUT2D eigenvalue weighted by Gasteiger charge is -2.07. The molecule has 0 bridgehead atoms. The molecular formula is C13H13BrFNO. The third-order valence-electron chi connectivity index (χ3n) is 2.55. The Morgan fingerprint density at radius 3 is 2.71 bits per heavy atom. The first-order chi connectivity index (χ1) is 7.97.